The Bertz CT molecular complexity index is 581. The van der Waals surface area contributed by atoms with Crippen LogP contribution in [0.1, 0.15) is 11.3 Å². The summed E-state index contributed by atoms with van der Waals surface area (Å²) >= 11 is 1.23. The van der Waals surface area contributed by atoms with Crippen molar-refractivity contribution >= 4 is 17.7 Å². The number of thioether (sulfide) groups is 1. The van der Waals surface area contributed by atoms with Gasteiger partial charge < -0.3 is 5.11 Å². The van der Waals surface area contributed by atoms with Crippen LogP contribution in [0.4, 0.5) is 4.39 Å². The highest BCUT2D eigenvalue weighted by molar-refractivity contribution is 7.99. The number of carboxylic acid groups (broad SMARTS) is 1. The first kappa shape index (κ1) is 13.6. The highest BCUT2D eigenvalue weighted by atomic mass is 32.2. The Labute approximate surface area is 114 Å². The first-order valence-electron chi connectivity index (χ1n) is 5.68. The van der Waals surface area contributed by atoms with Crippen LogP contribution in [0.5, 0.6) is 0 Å². The summed E-state index contributed by atoms with van der Waals surface area (Å²) in [6, 6.07) is 8.03. The van der Waals surface area contributed by atoms with Gasteiger partial charge in [-0.3, -0.25) is 9.48 Å². The van der Waals surface area contributed by atoms with Gasteiger partial charge in [-0.1, -0.05) is 23.9 Å². The Morgan fingerprint density at radius 1 is 1.42 bits per heavy atom. The molecule has 1 heterocycles. The molecule has 4 nitrogen and oxygen atoms in total. The molecule has 0 bridgehead atoms. The highest BCUT2D eigenvalue weighted by Gasteiger charge is 2.09. The molecule has 0 fully saturated rings. The standard InChI is InChI=1S/C13H13FN2O2S/c1-9-6-12(19-8-13(17)18)16(15-9)7-10-2-4-11(14)5-3-10/h2-6H,7-8H2,1H3,(H,17,18). The summed E-state index contributed by atoms with van der Waals surface area (Å²) in [5.74, 6) is -1.15. The van der Waals surface area contributed by atoms with Crippen molar-refractivity contribution in [2.45, 2.75) is 18.5 Å². The summed E-state index contributed by atoms with van der Waals surface area (Å²) < 4.78 is 14.6. The van der Waals surface area contributed by atoms with Crippen LogP contribution in [0.25, 0.3) is 0 Å². The smallest absolute Gasteiger partial charge is 0.313 e. The third-order valence-corrected chi connectivity index (χ3v) is 3.47. The van der Waals surface area contributed by atoms with E-state index in [2.05, 4.69) is 5.10 Å². The van der Waals surface area contributed by atoms with Crippen LogP contribution in [0.2, 0.25) is 0 Å². The predicted molar refractivity (Wildman–Crippen MR) is 70.8 cm³/mol. The average Bonchev–Trinajstić information content (AvgIpc) is 2.70. The Morgan fingerprint density at radius 3 is 2.74 bits per heavy atom. The van der Waals surface area contributed by atoms with Gasteiger partial charge >= 0.3 is 5.97 Å². The zero-order valence-corrected chi connectivity index (χ0v) is 11.2. The van der Waals surface area contributed by atoms with E-state index < -0.39 is 5.97 Å². The predicted octanol–water partition coefficient (Wildman–Crippen LogP) is 2.56. The number of hydrogen-bond acceptors (Lipinski definition) is 3. The Hall–Kier alpha value is -1.82. The summed E-state index contributed by atoms with van der Waals surface area (Å²) in [5.41, 5.74) is 1.75. The van der Waals surface area contributed by atoms with Gasteiger partial charge in [0.25, 0.3) is 0 Å². The highest BCUT2D eigenvalue weighted by Crippen LogP contribution is 2.20. The van der Waals surface area contributed by atoms with Crippen LogP contribution in [-0.2, 0) is 11.3 Å². The van der Waals surface area contributed by atoms with Gasteiger partial charge in [0.2, 0.25) is 0 Å². The Kier molecular flexibility index (Phi) is 4.21. The van der Waals surface area contributed by atoms with Crippen LogP contribution < -0.4 is 0 Å². The quantitative estimate of drug-likeness (QED) is 0.855. The summed E-state index contributed by atoms with van der Waals surface area (Å²) in [4.78, 5) is 10.6. The molecule has 1 N–H and O–H groups in total. The van der Waals surface area contributed by atoms with E-state index in [1.165, 1.54) is 23.9 Å². The average molecular weight is 280 g/mol. The minimum atomic E-state index is -0.864. The van der Waals surface area contributed by atoms with Crippen LogP contribution >= 0.6 is 11.8 Å². The van der Waals surface area contributed by atoms with Crippen molar-refractivity contribution in [1.82, 2.24) is 9.78 Å². The molecule has 0 aliphatic rings. The van der Waals surface area contributed by atoms with Gasteiger partial charge in [-0.25, -0.2) is 4.39 Å². The Balaban J connectivity index is 2.15. The van der Waals surface area contributed by atoms with Gasteiger partial charge in [-0.2, -0.15) is 5.10 Å². The zero-order chi connectivity index (χ0) is 13.8. The normalized spacial score (nSPS) is 10.6. The number of benzene rings is 1. The van der Waals surface area contributed by atoms with Gasteiger partial charge in [-0.05, 0) is 30.7 Å². The summed E-state index contributed by atoms with van der Waals surface area (Å²) in [6.07, 6.45) is 0. The van der Waals surface area contributed by atoms with Gasteiger partial charge in [0.1, 0.15) is 5.82 Å². The maximum atomic E-state index is 12.8. The molecular formula is C13H13FN2O2S. The number of carboxylic acids is 1. The van der Waals surface area contributed by atoms with Gasteiger partial charge in [-0.15, -0.1) is 0 Å². The van der Waals surface area contributed by atoms with E-state index in [1.807, 2.05) is 13.0 Å². The van der Waals surface area contributed by atoms with Crippen molar-refractivity contribution < 1.29 is 14.3 Å². The number of carbonyl (C=O) groups is 1. The molecule has 0 amide bonds. The van der Waals surface area contributed by atoms with Crippen molar-refractivity contribution in [2.75, 3.05) is 5.75 Å². The number of aryl methyl sites for hydroxylation is 1. The van der Waals surface area contributed by atoms with Gasteiger partial charge in [0.05, 0.1) is 23.0 Å². The molecule has 0 radical (unpaired) electrons. The van der Waals surface area contributed by atoms with Crippen molar-refractivity contribution in [1.29, 1.82) is 0 Å². The van der Waals surface area contributed by atoms with E-state index >= 15 is 0 Å². The molecule has 0 saturated carbocycles. The molecular weight excluding hydrogens is 267 g/mol. The molecule has 2 aromatic rings. The molecule has 0 unspecified atom stereocenters. The van der Waals surface area contributed by atoms with Gasteiger partial charge in [0, 0.05) is 0 Å². The molecule has 100 valence electrons. The van der Waals surface area contributed by atoms with Crippen molar-refractivity contribution in [3.05, 3.63) is 47.4 Å². The fourth-order valence-corrected chi connectivity index (χ4v) is 2.43. The van der Waals surface area contributed by atoms with Crippen LogP contribution in [0.15, 0.2) is 35.4 Å². The largest absolute Gasteiger partial charge is 0.481 e. The zero-order valence-electron chi connectivity index (χ0n) is 10.3. The second-order valence-corrected chi connectivity index (χ2v) is 5.09. The third-order valence-electron chi connectivity index (χ3n) is 2.45. The maximum absolute atomic E-state index is 12.8. The molecule has 1 aromatic heterocycles. The summed E-state index contributed by atoms with van der Waals surface area (Å²) in [6.45, 7) is 2.35. The lowest BCUT2D eigenvalue weighted by atomic mass is 10.2. The molecule has 0 spiro atoms. The topological polar surface area (TPSA) is 55.1 Å². The van der Waals surface area contributed by atoms with Crippen molar-refractivity contribution in [3.8, 4) is 0 Å². The van der Waals surface area contributed by atoms with E-state index in [4.69, 9.17) is 5.11 Å². The molecule has 1 aromatic carbocycles. The maximum Gasteiger partial charge on any atom is 0.313 e. The number of aromatic nitrogens is 2. The monoisotopic (exact) mass is 280 g/mol. The van der Waals surface area contributed by atoms with Crippen LogP contribution in [-0.4, -0.2) is 26.6 Å². The van der Waals surface area contributed by atoms with E-state index in [-0.39, 0.29) is 11.6 Å². The first-order chi connectivity index (χ1) is 9.04. The molecule has 0 aliphatic carbocycles. The van der Waals surface area contributed by atoms with Crippen molar-refractivity contribution in [3.63, 3.8) is 0 Å². The van der Waals surface area contributed by atoms with Crippen LogP contribution in [0, 0.1) is 12.7 Å². The van der Waals surface area contributed by atoms with Crippen LogP contribution in [0.3, 0.4) is 0 Å². The molecule has 0 saturated heterocycles. The number of aliphatic carboxylic acids is 1. The minimum absolute atomic E-state index is 0.00541. The van der Waals surface area contributed by atoms with E-state index in [0.29, 0.717) is 6.54 Å². The summed E-state index contributed by atoms with van der Waals surface area (Å²) in [7, 11) is 0. The second-order valence-electron chi connectivity index (χ2n) is 4.09. The second kappa shape index (κ2) is 5.88. The van der Waals surface area contributed by atoms with E-state index in [0.717, 1.165) is 16.3 Å². The number of rotatable bonds is 5. The fraction of sp³-hybridized carbons (Fsp3) is 0.231. The first-order valence-corrected chi connectivity index (χ1v) is 6.66. The molecule has 19 heavy (non-hydrogen) atoms. The molecule has 2 rings (SSSR count). The number of halogens is 1. The molecule has 0 aliphatic heterocycles. The molecule has 6 heteroatoms. The minimum Gasteiger partial charge on any atom is -0.481 e. The number of hydrogen-bond donors (Lipinski definition) is 1. The van der Waals surface area contributed by atoms with E-state index in [1.54, 1.807) is 16.8 Å². The number of nitrogens with zero attached hydrogens (tertiary/aromatic N) is 2. The SMILES string of the molecule is Cc1cc(SCC(=O)O)n(Cc2ccc(F)cc2)n1. The lowest BCUT2D eigenvalue weighted by Gasteiger charge is -2.06. The molecule has 0 atom stereocenters. The Morgan fingerprint density at radius 2 is 2.11 bits per heavy atom. The van der Waals surface area contributed by atoms with E-state index in [9.17, 15) is 9.18 Å². The lowest BCUT2D eigenvalue weighted by molar-refractivity contribution is -0.133. The fourth-order valence-electron chi connectivity index (χ4n) is 1.65. The summed E-state index contributed by atoms with van der Waals surface area (Å²) in [5, 5.41) is 13.8. The third kappa shape index (κ3) is 3.82. The van der Waals surface area contributed by atoms with Gasteiger partial charge in [0.15, 0.2) is 0 Å². The van der Waals surface area contributed by atoms with Crippen molar-refractivity contribution in [2.24, 2.45) is 0 Å². The lowest BCUT2D eigenvalue weighted by Crippen LogP contribution is -2.05.